The Kier molecular flexibility index (Phi) is 3.25. The minimum absolute atomic E-state index is 0.0803. The SMILES string of the molecule is CC(N)Cc1c(Sc2nnnn2C)nc2sccn12. The number of tetrazole rings is 1. The summed E-state index contributed by atoms with van der Waals surface area (Å²) in [5, 5.41) is 15.1. The fourth-order valence-electron chi connectivity index (χ4n) is 1.78. The number of aryl methyl sites for hydroxylation is 1. The second-order valence-electron chi connectivity index (χ2n) is 4.29. The molecule has 0 saturated heterocycles. The Labute approximate surface area is 117 Å². The third-order valence-electron chi connectivity index (χ3n) is 2.61. The zero-order valence-corrected chi connectivity index (χ0v) is 12.1. The van der Waals surface area contributed by atoms with Gasteiger partial charge in [0.15, 0.2) is 4.96 Å². The molecule has 3 aromatic heterocycles. The molecule has 0 aliphatic rings. The van der Waals surface area contributed by atoms with E-state index in [-0.39, 0.29) is 6.04 Å². The van der Waals surface area contributed by atoms with Crippen LogP contribution in [0.25, 0.3) is 4.96 Å². The predicted molar refractivity (Wildman–Crippen MR) is 73.3 cm³/mol. The molecule has 3 aromatic rings. The number of rotatable bonds is 4. The first-order valence-corrected chi connectivity index (χ1v) is 7.45. The molecule has 0 saturated carbocycles. The van der Waals surface area contributed by atoms with Crippen molar-refractivity contribution in [3.63, 3.8) is 0 Å². The van der Waals surface area contributed by atoms with Crippen molar-refractivity contribution in [2.24, 2.45) is 12.8 Å². The first-order valence-electron chi connectivity index (χ1n) is 5.75. The van der Waals surface area contributed by atoms with Crippen LogP contribution in [-0.2, 0) is 13.5 Å². The maximum absolute atomic E-state index is 5.92. The van der Waals surface area contributed by atoms with Crippen LogP contribution in [0.5, 0.6) is 0 Å². The number of thiazole rings is 1. The second-order valence-corrected chi connectivity index (χ2v) is 6.12. The number of nitrogens with zero attached hydrogens (tertiary/aromatic N) is 6. The van der Waals surface area contributed by atoms with E-state index in [2.05, 4.69) is 24.9 Å². The average Bonchev–Trinajstić information content (AvgIpc) is 3.00. The Bertz CT molecular complexity index is 696. The molecule has 100 valence electrons. The van der Waals surface area contributed by atoms with E-state index in [4.69, 9.17) is 5.73 Å². The summed E-state index contributed by atoms with van der Waals surface area (Å²) in [6, 6.07) is 0.0803. The fourth-order valence-corrected chi connectivity index (χ4v) is 3.42. The first-order chi connectivity index (χ1) is 9.15. The topological polar surface area (TPSA) is 86.9 Å². The van der Waals surface area contributed by atoms with Gasteiger partial charge in [-0.1, -0.05) is 0 Å². The first kappa shape index (κ1) is 12.6. The predicted octanol–water partition coefficient (Wildman–Crippen LogP) is 0.960. The van der Waals surface area contributed by atoms with Gasteiger partial charge in [0, 0.05) is 31.1 Å². The summed E-state index contributed by atoms with van der Waals surface area (Å²) >= 11 is 3.07. The van der Waals surface area contributed by atoms with Gasteiger partial charge in [-0.25, -0.2) is 9.67 Å². The molecule has 0 aromatic carbocycles. The van der Waals surface area contributed by atoms with Gasteiger partial charge in [0.25, 0.3) is 0 Å². The second kappa shape index (κ2) is 4.91. The van der Waals surface area contributed by atoms with E-state index >= 15 is 0 Å². The van der Waals surface area contributed by atoms with Gasteiger partial charge >= 0.3 is 0 Å². The molecular formula is C10H13N7S2. The standard InChI is InChI=1S/C10H13N7S2/c1-6(11)5-7-8(12-9-17(7)3-4-18-9)19-10-13-14-15-16(10)2/h3-4,6H,5,11H2,1-2H3. The lowest BCUT2D eigenvalue weighted by molar-refractivity contribution is 0.663. The van der Waals surface area contributed by atoms with Crippen LogP contribution in [0, 0.1) is 0 Å². The molecule has 0 fully saturated rings. The van der Waals surface area contributed by atoms with Crippen molar-refractivity contribution in [1.29, 1.82) is 0 Å². The summed E-state index contributed by atoms with van der Waals surface area (Å²) in [6.07, 6.45) is 2.79. The van der Waals surface area contributed by atoms with Crippen molar-refractivity contribution in [2.75, 3.05) is 0 Å². The lowest BCUT2D eigenvalue weighted by atomic mass is 10.2. The van der Waals surface area contributed by atoms with E-state index < -0.39 is 0 Å². The molecule has 0 radical (unpaired) electrons. The zero-order chi connectivity index (χ0) is 13.4. The molecule has 0 bridgehead atoms. The summed E-state index contributed by atoms with van der Waals surface area (Å²) in [5.41, 5.74) is 7.03. The molecule has 0 aliphatic carbocycles. The number of nitrogens with two attached hydrogens (primary N) is 1. The number of hydrogen-bond donors (Lipinski definition) is 1. The number of fused-ring (bicyclic) bond motifs is 1. The van der Waals surface area contributed by atoms with Gasteiger partial charge in [0.1, 0.15) is 5.03 Å². The van der Waals surface area contributed by atoms with Crippen LogP contribution in [0.2, 0.25) is 0 Å². The quantitative estimate of drug-likeness (QED) is 0.771. The highest BCUT2D eigenvalue weighted by molar-refractivity contribution is 7.99. The van der Waals surface area contributed by atoms with E-state index in [1.807, 2.05) is 25.5 Å². The summed E-state index contributed by atoms with van der Waals surface area (Å²) < 4.78 is 3.72. The minimum Gasteiger partial charge on any atom is -0.328 e. The lowest BCUT2D eigenvalue weighted by Crippen LogP contribution is -2.19. The summed E-state index contributed by atoms with van der Waals surface area (Å²) in [6.45, 7) is 1.99. The van der Waals surface area contributed by atoms with E-state index in [0.29, 0.717) is 0 Å². The smallest absolute Gasteiger partial charge is 0.215 e. The lowest BCUT2D eigenvalue weighted by Gasteiger charge is -2.06. The van der Waals surface area contributed by atoms with Crippen LogP contribution < -0.4 is 5.73 Å². The molecule has 0 amide bonds. The van der Waals surface area contributed by atoms with Crippen LogP contribution in [0.3, 0.4) is 0 Å². The van der Waals surface area contributed by atoms with Crippen molar-refractivity contribution >= 4 is 28.1 Å². The van der Waals surface area contributed by atoms with Crippen molar-refractivity contribution in [2.45, 2.75) is 29.6 Å². The zero-order valence-electron chi connectivity index (χ0n) is 10.5. The van der Waals surface area contributed by atoms with Gasteiger partial charge in [-0.15, -0.1) is 16.4 Å². The normalized spacial score (nSPS) is 13.2. The number of hydrogen-bond acceptors (Lipinski definition) is 7. The Morgan fingerprint density at radius 3 is 3.05 bits per heavy atom. The maximum Gasteiger partial charge on any atom is 0.215 e. The molecule has 1 atom stereocenters. The van der Waals surface area contributed by atoms with Gasteiger partial charge in [0.05, 0.1) is 5.69 Å². The van der Waals surface area contributed by atoms with Gasteiger partial charge < -0.3 is 5.73 Å². The third-order valence-corrected chi connectivity index (χ3v) is 4.41. The van der Waals surface area contributed by atoms with Crippen LogP contribution >= 0.6 is 23.1 Å². The minimum atomic E-state index is 0.0803. The molecule has 0 spiro atoms. The van der Waals surface area contributed by atoms with Gasteiger partial charge in [-0.2, -0.15) is 0 Å². The largest absolute Gasteiger partial charge is 0.328 e. The Morgan fingerprint density at radius 1 is 1.53 bits per heavy atom. The average molecular weight is 295 g/mol. The highest BCUT2D eigenvalue weighted by Gasteiger charge is 2.17. The van der Waals surface area contributed by atoms with Crippen LogP contribution in [0.1, 0.15) is 12.6 Å². The van der Waals surface area contributed by atoms with Crippen LogP contribution in [-0.4, -0.2) is 35.6 Å². The maximum atomic E-state index is 5.92. The number of imidazole rings is 1. The van der Waals surface area contributed by atoms with E-state index in [9.17, 15) is 0 Å². The van der Waals surface area contributed by atoms with Crippen molar-refractivity contribution in [3.8, 4) is 0 Å². The Hall–Kier alpha value is -1.45. The third kappa shape index (κ3) is 2.36. The molecule has 1 unspecified atom stereocenters. The molecule has 2 N–H and O–H groups in total. The van der Waals surface area contributed by atoms with E-state index in [0.717, 1.165) is 27.3 Å². The van der Waals surface area contributed by atoms with Crippen molar-refractivity contribution < 1.29 is 0 Å². The van der Waals surface area contributed by atoms with E-state index in [1.165, 1.54) is 11.8 Å². The van der Waals surface area contributed by atoms with Crippen molar-refractivity contribution in [3.05, 3.63) is 17.3 Å². The molecular weight excluding hydrogens is 282 g/mol. The monoisotopic (exact) mass is 295 g/mol. The molecule has 7 nitrogen and oxygen atoms in total. The number of aromatic nitrogens is 6. The summed E-state index contributed by atoms with van der Waals surface area (Å²) in [4.78, 5) is 5.59. The summed E-state index contributed by atoms with van der Waals surface area (Å²) in [7, 11) is 1.81. The van der Waals surface area contributed by atoms with Gasteiger partial charge in [0.2, 0.25) is 5.16 Å². The molecule has 3 heterocycles. The molecule has 3 rings (SSSR count). The molecule has 9 heteroatoms. The van der Waals surface area contributed by atoms with Crippen LogP contribution in [0.15, 0.2) is 21.8 Å². The summed E-state index contributed by atoms with van der Waals surface area (Å²) in [5.74, 6) is 0. The van der Waals surface area contributed by atoms with E-state index in [1.54, 1.807) is 16.0 Å². The Morgan fingerprint density at radius 2 is 2.37 bits per heavy atom. The highest BCUT2D eigenvalue weighted by atomic mass is 32.2. The fraction of sp³-hybridized carbons (Fsp3) is 0.400. The molecule has 0 aliphatic heterocycles. The highest BCUT2D eigenvalue weighted by Crippen LogP contribution is 2.30. The Balaban J connectivity index is 2.02. The van der Waals surface area contributed by atoms with Crippen molar-refractivity contribution in [1.82, 2.24) is 29.6 Å². The van der Waals surface area contributed by atoms with Gasteiger partial charge in [-0.05, 0) is 29.1 Å². The molecule has 19 heavy (non-hydrogen) atoms. The van der Waals surface area contributed by atoms with Gasteiger partial charge in [-0.3, -0.25) is 4.40 Å². The van der Waals surface area contributed by atoms with Crippen LogP contribution in [0.4, 0.5) is 0 Å².